The van der Waals surface area contributed by atoms with E-state index in [9.17, 15) is 14.4 Å². The lowest BCUT2D eigenvalue weighted by molar-refractivity contribution is -0.139. The molecule has 0 fully saturated rings. The summed E-state index contributed by atoms with van der Waals surface area (Å²) in [7, 11) is 0. The first-order chi connectivity index (χ1) is 9.40. The minimum atomic E-state index is -1.16. The van der Waals surface area contributed by atoms with E-state index < -0.39 is 30.4 Å². The highest BCUT2D eigenvalue weighted by Gasteiger charge is 2.22. The van der Waals surface area contributed by atoms with Crippen molar-refractivity contribution in [1.29, 1.82) is 0 Å². The highest BCUT2D eigenvalue weighted by atomic mass is 16.4. The van der Waals surface area contributed by atoms with E-state index in [1.807, 2.05) is 30.3 Å². The van der Waals surface area contributed by atoms with Crippen molar-refractivity contribution >= 4 is 17.7 Å². The molecule has 0 saturated carbocycles. The number of nitrogens with one attached hydrogen (secondary N) is 1. The maximum absolute atomic E-state index is 11.7. The SMILES string of the molecule is CC(=O)C(Cc1ccccc1)NC(=O)C(N)CC(=O)O. The van der Waals surface area contributed by atoms with Crippen molar-refractivity contribution in [1.82, 2.24) is 5.32 Å². The topological polar surface area (TPSA) is 109 Å². The number of carbonyl (C=O) groups excluding carboxylic acids is 2. The Bertz CT molecular complexity index is 487. The summed E-state index contributed by atoms with van der Waals surface area (Å²) in [5.74, 6) is -2.00. The molecule has 108 valence electrons. The fourth-order valence-electron chi connectivity index (χ4n) is 1.71. The zero-order chi connectivity index (χ0) is 15.1. The van der Waals surface area contributed by atoms with E-state index in [4.69, 9.17) is 10.8 Å². The van der Waals surface area contributed by atoms with Crippen LogP contribution in [0.2, 0.25) is 0 Å². The van der Waals surface area contributed by atoms with Crippen LogP contribution in [0.25, 0.3) is 0 Å². The molecule has 0 bridgehead atoms. The molecular weight excluding hydrogens is 260 g/mol. The summed E-state index contributed by atoms with van der Waals surface area (Å²) in [6.07, 6.45) is -0.122. The highest BCUT2D eigenvalue weighted by molar-refractivity contribution is 5.91. The van der Waals surface area contributed by atoms with Crippen molar-refractivity contribution < 1.29 is 19.5 Å². The number of nitrogens with two attached hydrogens (primary N) is 1. The molecule has 0 radical (unpaired) electrons. The molecule has 1 amide bonds. The van der Waals surface area contributed by atoms with Gasteiger partial charge >= 0.3 is 5.97 Å². The van der Waals surface area contributed by atoms with Gasteiger partial charge in [-0.1, -0.05) is 30.3 Å². The molecule has 2 atom stereocenters. The molecule has 0 aromatic heterocycles. The van der Waals surface area contributed by atoms with E-state index in [0.29, 0.717) is 6.42 Å². The number of benzene rings is 1. The van der Waals surface area contributed by atoms with E-state index in [-0.39, 0.29) is 5.78 Å². The maximum atomic E-state index is 11.7. The van der Waals surface area contributed by atoms with Gasteiger partial charge in [0.25, 0.3) is 0 Å². The largest absolute Gasteiger partial charge is 0.481 e. The third-order valence-electron chi connectivity index (χ3n) is 2.82. The Kier molecular flexibility index (Phi) is 5.86. The number of Topliss-reactive ketones (excluding diaryl/α,β-unsaturated/α-hetero) is 1. The van der Waals surface area contributed by atoms with Gasteiger partial charge in [0.05, 0.1) is 18.5 Å². The molecule has 1 rings (SSSR count). The van der Waals surface area contributed by atoms with Gasteiger partial charge in [-0.3, -0.25) is 14.4 Å². The number of hydrogen-bond donors (Lipinski definition) is 3. The number of rotatable bonds is 7. The molecule has 0 heterocycles. The predicted octanol–water partition coefficient (Wildman–Crippen LogP) is 0.105. The molecule has 2 unspecified atom stereocenters. The number of carbonyl (C=O) groups is 3. The number of hydrogen-bond acceptors (Lipinski definition) is 4. The van der Waals surface area contributed by atoms with Gasteiger partial charge < -0.3 is 16.2 Å². The highest BCUT2D eigenvalue weighted by Crippen LogP contribution is 2.04. The monoisotopic (exact) mass is 278 g/mol. The van der Waals surface area contributed by atoms with Crippen LogP contribution < -0.4 is 11.1 Å². The Labute approximate surface area is 117 Å². The zero-order valence-electron chi connectivity index (χ0n) is 11.2. The van der Waals surface area contributed by atoms with Gasteiger partial charge in [0.15, 0.2) is 5.78 Å². The van der Waals surface area contributed by atoms with Crippen LogP contribution in [-0.2, 0) is 20.8 Å². The minimum absolute atomic E-state index is 0.204. The molecule has 1 aromatic rings. The van der Waals surface area contributed by atoms with Crippen molar-refractivity contribution in [2.75, 3.05) is 0 Å². The molecule has 0 aliphatic heterocycles. The van der Waals surface area contributed by atoms with Crippen LogP contribution in [0.1, 0.15) is 18.9 Å². The lowest BCUT2D eigenvalue weighted by atomic mass is 10.0. The van der Waals surface area contributed by atoms with Crippen LogP contribution >= 0.6 is 0 Å². The fourth-order valence-corrected chi connectivity index (χ4v) is 1.71. The molecule has 20 heavy (non-hydrogen) atoms. The van der Waals surface area contributed by atoms with Crippen LogP contribution in [0.15, 0.2) is 30.3 Å². The molecule has 6 nitrogen and oxygen atoms in total. The number of carboxylic acids is 1. The van der Waals surface area contributed by atoms with Crippen LogP contribution in [0, 0.1) is 0 Å². The average Bonchev–Trinajstić information content (AvgIpc) is 2.38. The first-order valence-electron chi connectivity index (χ1n) is 6.22. The second-order valence-electron chi connectivity index (χ2n) is 4.57. The molecular formula is C14H18N2O4. The van der Waals surface area contributed by atoms with Crippen molar-refractivity contribution in [3.8, 4) is 0 Å². The van der Waals surface area contributed by atoms with E-state index in [0.717, 1.165) is 5.56 Å². The van der Waals surface area contributed by atoms with E-state index >= 15 is 0 Å². The molecule has 1 aromatic carbocycles. The molecule has 0 spiro atoms. The zero-order valence-corrected chi connectivity index (χ0v) is 11.2. The van der Waals surface area contributed by atoms with E-state index in [2.05, 4.69) is 5.32 Å². The summed E-state index contributed by atoms with van der Waals surface area (Å²) >= 11 is 0. The van der Waals surface area contributed by atoms with Crippen LogP contribution in [0.4, 0.5) is 0 Å². The van der Waals surface area contributed by atoms with Gasteiger partial charge in [-0.15, -0.1) is 0 Å². The number of ketones is 1. The maximum Gasteiger partial charge on any atom is 0.305 e. The Morgan fingerprint density at radius 3 is 2.35 bits per heavy atom. The van der Waals surface area contributed by atoms with Crippen molar-refractivity contribution in [3.63, 3.8) is 0 Å². The molecule has 4 N–H and O–H groups in total. The summed E-state index contributed by atoms with van der Waals surface area (Å²) in [6, 6.07) is 7.36. The number of carboxylic acid groups (broad SMARTS) is 1. The first-order valence-corrected chi connectivity index (χ1v) is 6.22. The quantitative estimate of drug-likeness (QED) is 0.655. The summed E-state index contributed by atoms with van der Waals surface area (Å²) < 4.78 is 0. The Hall–Kier alpha value is -2.21. The van der Waals surface area contributed by atoms with Gasteiger partial charge in [-0.25, -0.2) is 0 Å². The van der Waals surface area contributed by atoms with E-state index in [1.54, 1.807) is 0 Å². The van der Waals surface area contributed by atoms with Crippen LogP contribution in [0.3, 0.4) is 0 Å². The molecule has 0 aliphatic carbocycles. The number of aliphatic carboxylic acids is 1. The van der Waals surface area contributed by atoms with Gasteiger partial charge in [-0.05, 0) is 18.9 Å². The summed E-state index contributed by atoms with van der Waals surface area (Å²) in [6.45, 7) is 1.37. The van der Waals surface area contributed by atoms with Gasteiger partial charge in [0, 0.05) is 0 Å². The van der Waals surface area contributed by atoms with Crippen molar-refractivity contribution in [2.24, 2.45) is 5.73 Å². The van der Waals surface area contributed by atoms with E-state index in [1.165, 1.54) is 6.92 Å². The third-order valence-corrected chi connectivity index (χ3v) is 2.82. The molecule has 0 aliphatic rings. The molecule has 6 heteroatoms. The standard InChI is InChI=1S/C14H18N2O4/c1-9(17)12(7-10-5-3-2-4-6-10)16-14(20)11(15)8-13(18)19/h2-6,11-12H,7-8,15H2,1H3,(H,16,20)(H,18,19). The Balaban J connectivity index is 2.66. The van der Waals surface area contributed by atoms with Gasteiger partial charge in [0.1, 0.15) is 0 Å². The van der Waals surface area contributed by atoms with Crippen molar-refractivity contribution in [2.45, 2.75) is 31.8 Å². The average molecular weight is 278 g/mol. The van der Waals surface area contributed by atoms with Crippen LogP contribution in [0.5, 0.6) is 0 Å². The molecule has 0 saturated heterocycles. The van der Waals surface area contributed by atoms with Crippen molar-refractivity contribution in [3.05, 3.63) is 35.9 Å². The smallest absolute Gasteiger partial charge is 0.305 e. The summed E-state index contributed by atoms with van der Waals surface area (Å²) in [5.41, 5.74) is 6.36. The first kappa shape index (κ1) is 15.8. The minimum Gasteiger partial charge on any atom is -0.481 e. The number of amides is 1. The van der Waals surface area contributed by atoms with Crippen LogP contribution in [-0.4, -0.2) is 34.8 Å². The summed E-state index contributed by atoms with van der Waals surface area (Å²) in [4.78, 5) is 33.8. The van der Waals surface area contributed by atoms with Gasteiger partial charge in [0.2, 0.25) is 5.91 Å². The third kappa shape index (κ3) is 5.19. The Morgan fingerprint density at radius 2 is 1.85 bits per heavy atom. The lowest BCUT2D eigenvalue weighted by Gasteiger charge is -2.18. The normalized spacial score (nSPS) is 13.3. The summed E-state index contributed by atoms with van der Waals surface area (Å²) in [5, 5.41) is 11.1. The second kappa shape index (κ2) is 7.40. The van der Waals surface area contributed by atoms with Gasteiger partial charge in [-0.2, -0.15) is 0 Å². The second-order valence-corrected chi connectivity index (χ2v) is 4.57. The lowest BCUT2D eigenvalue weighted by Crippen LogP contribution is -2.49. The fraction of sp³-hybridized carbons (Fsp3) is 0.357. The predicted molar refractivity (Wildman–Crippen MR) is 73.0 cm³/mol. The Morgan fingerprint density at radius 1 is 1.25 bits per heavy atom.